The maximum Gasteiger partial charge on any atom is 0.306 e. The molecule has 0 atom stereocenters. The van der Waals surface area contributed by atoms with Crippen molar-refractivity contribution >= 4 is 23.1 Å². The van der Waals surface area contributed by atoms with E-state index in [1.54, 1.807) is 24.3 Å². The Kier molecular flexibility index (Phi) is 7.05. The van der Waals surface area contributed by atoms with Gasteiger partial charge in [-0.15, -0.1) is 0 Å². The molecule has 1 N–H and O–H groups in total. The van der Waals surface area contributed by atoms with Gasteiger partial charge in [-0.3, -0.25) is 19.7 Å². The molecular weight excluding hydrogens is 348 g/mol. The molecule has 0 aliphatic rings. The van der Waals surface area contributed by atoms with Crippen LogP contribution in [0.4, 0.5) is 11.4 Å². The van der Waals surface area contributed by atoms with E-state index in [4.69, 9.17) is 4.74 Å². The molecule has 0 bridgehead atoms. The number of anilines is 1. The molecule has 0 radical (unpaired) electrons. The van der Waals surface area contributed by atoms with Crippen LogP contribution in [0.1, 0.15) is 34.3 Å². The molecule has 7 nitrogen and oxygen atoms in total. The summed E-state index contributed by atoms with van der Waals surface area (Å²) in [5.41, 5.74) is 2.76. The van der Waals surface area contributed by atoms with E-state index in [9.17, 15) is 19.7 Å². The summed E-state index contributed by atoms with van der Waals surface area (Å²) in [6.45, 7) is 3.82. The van der Waals surface area contributed by atoms with E-state index in [-0.39, 0.29) is 24.5 Å². The smallest absolute Gasteiger partial charge is 0.306 e. The first kappa shape index (κ1) is 20.1. The summed E-state index contributed by atoms with van der Waals surface area (Å²) in [4.78, 5) is 34.5. The number of para-hydroxylation sites is 2. The van der Waals surface area contributed by atoms with Crippen molar-refractivity contribution in [2.45, 2.75) is 26.7 Å². The van der Waals surface area contributed by atoms with Crippen molar-refractivity contribution in [3.8, 4) is 0 Å². The normalized spacial score (nSPS) is 10.3. The Hall–Kier alpha value is -3.22. The van der Waals surface area contributed by atoms with E-state index < -0.39 is 10.9 Å². The second-order valence-electron chi connectivity index (χ2n) is 6.21. The van der Waals surface area contributed by atoms with Gasteiger partial charge in [0.15, 0.2) is 6.61 Å². The molecule has 2 aromatic carbocycles. The molecule has 0 unspecified atom stereocenters. The van der Waals surface area contributed by atoms with Crippen LogP contribution >= 0.6 is 0 Å². The lowest BCUT2D eigenvalue weighted by molar-refractivity contribution is -0.384. The fraction of sp³-hybridized carbons (Fsp3) is 0.300. The van der Waals surface area contributed by atoms with Gasteiger partial charge in [0.25, 0.3) is 5.69 Å². The zero-order chi connectivity index (χ0) is 19.8. The third-order valence-corrected chi connectivity index (χ3v) is 4.03. The summed E-state index contributed by atoms with van der Waals surface area (Å²) in [7, 11) is 0. The predicted molar refractivity (Wildman–Crippen MR) is 102 cm³/mol. The van der Waals surface area contributed by atoms with Crippen LogP contribution in [0.2, 0.25) is 0 Å². The number of carbonyl (C=O) groups excluding carboxylic acids is 2. The minimum atomic E-state index is -0.474. The number of rotatable bonds is 9. The number of ketones is 1. The summed E-state index contributed by atoms with van der Waals surface area (Å²) in [6.07, 6.45) is 0.552. The molecule has 0 spiro atoms. The number of hydrogen-bond acceptors (Lipinski definition) is 6. The summed E-state index contributed by atoms with van der Waals surface area (Å²) in [5, 5.41) is 13.9. The summed E-state index contributed by atoms with van der Waals surface area (Å²) >= 11 is 0. The number of nitro groups is 1. The lowest BCUT2D eigenvalue weighted by Crippen LogP contribution is -2.16. The second kappa shape index (κ2) is 9.47. The first-order valence-electron chi connectivity index (χ1n) is 8.62. The molecule has 0 fully saturated rings. The fourth-order valence-corrected chi connectivity index (χ4v) is 2.57. The maximum atomic E-state index is 12.2. The Bertz CT molecular complexity index is 848. The van der Waals surface area contributed by atoms with Gasteiger partial charge in [0.1, 0.15) is 5.69 Å². The SMILES string of the molecule is Cc1ccc(C)c(C(=O)COC(=O)CCCNc2ccccc2[N+](=O)[O-])c1. The monoisotopic (exact) mass is 370 g/mol. The number of aryl methyl sites for hydroxylation is 2. The van der Waals surface area contributed by atoms with E-state index >= 15 is 0 Å². The van der Waals surface area contributed by atoms with Gasteiger partial charge in [-0.25, -0.2) is 0 Å². The van der Waals surface area contributed by atoms with E-state index in [0.29, 0.717) is 24.2 Å². The Labute approximate surface area is 157 Å². The molecule has 142 valence electrons. The third-order valence-electron chi connectivity index (χ3n) is 4.03. The fourth-order valence-electron chi connectivity index (χ4n) is 2.57. The molecule has 0 amide bonds. The van der Waals surface area contributed by atoms with Crippen LogP contribution in [-0.2, 0) is 9.53 Å². The summed E-state index contributed by atoms with van der Waals surface area (Å²) in [6, 6.07) is 11.9. The second-order valence-corrected chi connectivity index (χ2v) is 6.21. The highest BCUT2D eigenvalue weighted by atomic mass is 16.6. The van der Waals surface area contributed by atoms with Gasteiger partial charge in [-0.1, -0.05) is 29.8 Å². The van der Waals surface area contributed by atoms with Gasteiger partial charge in [-0.2, -0.15) is 0 Å². The standard InChI is InChI=1S/C20H22N2O5/c1-14-9-10-15(2)16(12-14)19(23)13-27-20(24)8-5-11-21-17-6-3-4-7-18(17)22(25)26/h3-4,6-7,9-10,12,21H,5,8,11,13H2,1-2H3. The van der Waals surface area contributed by atoms with E-state index in [1.807, 2.05) is 26.0 Å². The topological polar surface area (TPSA) is 98.5 Å². The number of hydrogen-bond donors (Lipinski definition) is 1. The summed E-state index contributed by atoms with van der Waals surface area (Å²) < 4.78 is 5.04. The Morgan fingerprint density at radius 1 is 1.15 bits per heavy atom. The van der Waals surface area contributed by atoms with Crippen molar-refractivity contribution in [1.82, 2.24) is 0 Å². The highest BCUT2D eigenvalue weighted by Gasteiger charge is 2.14. The zero-order valence-corrected chi connectivity index (χ0v) is 15.4. The van der Waals surface area contributed by atoms with Gasteiger partial charge in [0.2, 0.25) is 5.78 Å². The Balaban J connectivity index is 1.75. The van der Waals surface area contributed by atoms with Gasteiger partial charge < -0.3 is 10.1 Å². The largest absolute Gasteiger partial charge is 0.457 e. The Morgan fingerprint density at radius 2 is 1.89 bits per heavy atom. The molecule has 2 rings (SSSR count). The van der Waals surface area contributed by atoms with Crippen LogP contribution in [0.15, 0.2) is 42.5 Å². The van der Waals surface area contributed by atoms with Crippen molar-refractivity contribution in [1.29, 1.82) is 0 Å². The lowest BCUT2D eigenvalue weighted by Gasteiger charge is -2.08. The molecule has 0 saturated carbocycles. The van der Waals surface area contributed by atoms with Gasteiger partial charge in [0, 0.05) is 24.6 Å². The van der Waals surface area contributed by atoms with E-state index in [1.165, 1.54) is 6.07 Å². The first-order valence-corrected chi connectivity index (χ1v) is 8.62. The van der Waals surface area contributed by atoms with Crippen molar-refractivity contribution in [2.24, 2.45) is 0 Å². The number of Topliss-reactive ketones (excluding diaryl/α,β-unsaturated/α-hetero) is 1. The quantitative estimate of drug-likeness (QED) is 0.237. The van der Waals surface area contributed by atoms with Gasteiger partial charge in [-0.05, 0) is 38.0 Å². The molecule has 0 aliphatic carbocycles. The zero-order valence-electron chi connectivity index (χ0n) is 15.4. The lowest BCUT2D eigenvalue weighted by atomic mass is 10.0. The van der Waals surface area contributed by atoms with Crippen LogP contribution in [0.25, 0.3) is 0 Å². The van der Waals surface area contributed by atoms with Crippen molar-refractivity contribution in [3.63, 3.8) is 0 Å². The molecule has 7 heteroatoms. The molecule has 0 heterocycles. The average molecular weight is 370 g/mol. The Morgan fingerprint density at radius 3 is 2.63 bits per heavy atom. The number of nitrogens with one attached hydrogen (secondary N) is 1. The van der Waals surface area contributed by atoms with Crippen molar-refractivity contribution in [2.75, 3.05) is 18.5 Å². The van der Waals surface area contributed by atoms with Gasteiger partial charge >= 0.3 is 5.97 Å². The number of carbonyl (C=O) groups is 2. The first-order chi connectivity index (χ1) is 12.9. The average Bonchev–Trinajstić information content (AvgIpc) is 2.65. The van der Waals surface area contributed by atoms with Crippen LogP contribution < -0.4 is 5.32 Å². The molecular formula is C20H22N2O5. The van der Waals surface area contributed by atoms with E-state index in [0.717, 1.165) is 11.1 Å². The predicted octanol–water partition coefficient (Wildman–Crippen LogP) is 3.83. The highest BCUT2D eigenvalue weighted by Crippen LogP contribution is 2.23. The van der Waals surface area contributed by atoms with Crippen LogP contribution in [0, 0.1) is 24.0 Å². The van der Waals surface area contributed by atoms with Crippen molar-refractivity contribution < 1.29 is 19.2 Å². The maximum absolute atomic E-state index is 12.2. The third kappa shape index (κ3) is 5.91. The minimum Gasteiger partial charge on any atom is -0.457 e. The molecule has 2 aromatic rings. The van der Waals surface area contributed by atoms with Crippen molar-refractivity contribution in [3.05, 3.63) is 69.3 Å². The van der Waals surface area contributed by atoms with Crippen LogP contribution in [-0.4, -0.2) is 29.8 Å². The molecule has 0 aliphatic heterocycles. The number of benzene rings is 2. The minimum absolute atomic E-state index is 0.0146. The molecule has 27 heavy (non-hydrogen) atoms. The highest BCUT2D eigenvalue weighted by molar-refractivity contribution is 5.99. The number of esters is 1. The number of ether oxygens (including phenoxy) is 1. The summed E-state index contributed by atoms with van der Waals surface area (Å²) in [5.74, 6) is -0.708. The van der Waals surface area contributed by atoms with Crippen LogP contribution in [0.3, 0.4) is 0 Å². The van der Waals surface area contributed by atoms with Gasteiger partial charge in [0.05, 0.1) is 4.92 Å². The molecule has 0 saturated heterocycles. The number of nitrogens with zero attached hydrogens (tertiary/aromatic N) is 1. The van der Waals surface area contributed by atoms with E-state index in [2.05, 4.69) is 5.32 Å². The molecule has 0 aromatic heterocycles. The number of nitro benzene ring substituents is 1. The van der Waals surface area contributed by atoms with Crippen LogP contribution in [0.5, 0.6) is 0 Å².